The fourth-order valence-electron chi connectivity index (χ4n) is 1.52. The Hall–Kier alpha value is -1.04. The second-order valence-corrected chi connectivity index (χ2v) is 4.28. The van der Waals surface area contributed by atoms with Crippen molar-refractivity contribution in [3.8, 4) is 0 Å². The van der Waals surface area contributed by atoms with E-state index in [1.807, 2.05) is 19.0 Å². The number of rotatable bonds is 6. The third-order valence-electron chi connectivity index (χ3n) is 2.29. The van der Waals surface area contributed by atoms with Crippen LogP contribution < -0.4 is 5.32 Å². The van der Waals surface area contributed by atoms with E-state index < -0.39 is 17.7 Å². The van der Waals surface area contributed by atoms with Crippen LogP contribution in [0.25, 0.3) is 0 Å². The van der Waals surface area contributed by atoms with Crippen molar-refractivity contribution in [2.24, 2.45) is 0 Å². The fraction of sp³-hybridized carbons (Fsp3) is 0.500. The van der Waals surface area contributed by atoms with E-state index in [1.54, 1.807) is 0 Å². The van der Waals surface area contributed by atoms with Crippen LogP contribution in [0.3, 0.4) is 0 Å². The molecular weight excluding hydrogens is 226 g/mol. The van der Waals surface area contributed by atoms with Crippen molar-refractivity contribution in [1.82, 2.24) is 10.2 Å². The summed E-state index contributed by atoms with van der Waals surface area (Å²) in [5.41, 5.74) is 0.392. The van der Waals surface area contributed by atoms with E-state index in [-0.39, 0.29) is 6.54 Å². The number of aliphatic hydroxyl groups excluding tert-OH is 1. The van der Waals surface area contributed by atoms with Crippen molar-refractivity contribution in [3.63, 3.8) is 0 Å². The van der Waals surface area contributed by atoms with E-state index in [0.717, 1.165) is 6.07 Å². The summed E-state index contributed by atoms with van der Waals surface area (Å²) in [6.45, 7) is 1.19. The molecule has 0 aromatic heterocycles. The molecule has 2 N–H and O–H groups in total. The SMILES string of the molecule is CN(C)CC(O)CNCc1ccc(F)cc1F. The van der Waals surface area contributed by atoms with Crippen molar-refractivity contribution in [1.29, 1.82) is 0 Å². The lowest BCUT2D eigenvalue weighted by molar-refractivity contribution is 0.134. The van der Waals surface area contributed by atoms with Crippen LogP contribution >= 0.6 is 0 Å². The molecule has 0 bridgehead atoms. The Bertz CT molecular complexity index is 358. The van der Waals surface area contributed by atoms with Gasteiger partial charge >= 0.3 is 0 Å². The summed E-state index contributed by atoms with van der Waals surface area (Å²) in [6, 6.07) is 3.47. The van der Waals surface area contributed by atoms with Gasteiger partial charge in [-0.25, -0.2) is 8.78 Å². The second kappa shape index (κ2) is 6.64. The van der Waals surface area contributed by atoms with Crippen LogP contribution in [0.2, 0.25) is 0 Å². The number of hydrogen-bond donors (Lipinski definition) is 2. The summed E-state index contributed by atoms with van der Waals surface area (Å²) in [6.07, 6.45) is -0.506. The van der Waals surface area contributed by atoms with Crippen LogP contribution in [0.5, 0.6) is 0 Å². The van der Waals surface area contributed by atoms with E-state index >= 15 is 0 Å². The molecule has 0 radical (unpaired) electrons. The fourth-order valence-corrected chi connectivity index (χ4v) is 1.52. The minimum atomic E-state index is -0.584. The van der Waals surface area contributed by atoms with Crippen molar-refractivity contribution in [2.45, 2.75) is 12.6 Å². The largest absolute Gasteiger partial charge is 0.390 e. The molecule has 0 aliphatic rings. The van der Waals surface area contributed by atoms with Crippen LogP contribution in [0, 0.1) is 11.6 Å². The van der Waals surface area contributed by atoms with Gasteiger partial charge in [0, 0.05) is 31.3 Å². The van der Waals surface area contributed by atoms with Crippen LogP contribution in [0.15, 0.2) is 18.2 Å². The number of halogens is 2. The number of aliphatic hydroxyl groups is 1. The molecule has 1 unspecified atom stereocenters. The first-order chi connectivity index (χ1) is 7.99. The van der Waals surface area contributed by atoms with Gasteiger partial charge in [-0.3, -0.25) is 0 Å². The molecule has 0 aliphatic carbocycles. The van der Waals surface area contributed by atoms with Gasteiger partial charge in [0.2, 0.25) is 0 Å². The minimum Gasteiger partial charge on any atom is -0.390 e. The molecule has 0 aliphatic heterocycles. The Labute approximate surface area is 100 Å². The van der Waals surface area contributed by atoms with Crippen LogP contribution in [0.4, 0.5) is 8.78 Å². The van der Waals surface area contributed by atoms with Gasteiger partial charge in [-0.1, -0.05) is 6.07 Å². The highest BCUT2D eigenvalue weighted by molar-refractivity contribution is 5.18. The lowest BCUT2D eigenvalue weighted by Crippen LogP contribution is -2.34. The molecule has 5 heteroatoms. The quantitative estimate of drug-likeness (QED) is 0.783. The van der Waals surface area contributed by atoms with Gasteiger partial charge in [0.15, 0.2) is 0 Å². The molecule has 0 spiro atoms. The van der Waals surface area contributed by atoms with E-state index in [1.165, 1.54) is 12.1 Å². The van der Waals surface area contributed by atoms with Crippen molar-refractivity contribution >= 4 is 0 Å². The standard InChI is InChI=1S/C12H18F2N2O/c1-16(2)8-11(17)7-15-6-9-3-4-10(13)5-12(9)14/h3-5,11,15,17H,6-8H2,1-2H3. The zero-order valence-electron chi connectivity index (χ0n) is 10.1. The highest BCUT2D eigenvalue weighted by atomic mass is 19.1. The summed E-state index contributed by atoms with van der Waals surface area (Å²) in [5, 5.41) is 12.5. The Morgan fingerprint density at radius 3 is 2.65 bits per heavy atom. The third-order valence-corrected chi connectivity index (χ3v) is 2.29. The van der Waals surface area contributed by atoms with Crippen molar-refractivity contribution in [2.75, 3.05) is 27.2 Å². The number of nitrogens with zero attached hydrogens (tertiary/aromatic N) is 1. The Balaban J connectivity index is 2.35. The predicted molar refractivity (Wildman–Crippen MR) is 62.6 cm³/mol. The first-order valence-corrected chi connectivity index (χ1v) is 5.46. The van der Waals surface area contributed by atoms with Crippen molar-refractivity contribution in [3.05, 3.63) is 35.4 Å². The topological polar surface area (TPSA) is 35.5 Å². The van der Waals surface area contributed by atoms with E-state index in [4.69, 9.17) is 0 Å². The molecule has 1 atom stereocenters. The van der Waals surface area contributed by atoms with E-state index in [2.05, 4.69) is 5.32 Å². The molecule has 0 saturated heterocycles. The third kappa shape index (κ3) is 5.21. The summed E-state index contributed by atoms with van der Waals surface area (Å²) in [7, 11) is 3.73. The minimum absolute atomic E-state index is 0.274. The lowest BCUT2D eigenvalue weighted by Gasteiger charge is -2.16. The molecule has 1 rings (SSSR count). The Morgan fingerprint density at radius 2 is 2.06 bits per heavy atom. The summed E-state index contributed by atoms with van der Waals surface area (Å²) >= 11 is 0. The monoisotopic (exact) mass is 244 g/mol. The van der Waals surface area contributed by atoms with Gasteiger partial charge in [-0.15, -0.1) is 0 Å². The summed E-state index contributed by atoms with van der Waals surface area (Å²) in [4.78, 5) is 1.87. The van der Waals surface area contributed by atoms with Gasteiger partial charge in [0.25, 0.3) is 0 Å². The van der Waals surface area contributed by atoms with Crippen LogP contribution in [-0.4, -0.2) is 43.3 Å². The maximum atomic E-state index is 13.2. The maximum absolute atomic E-state index is 13.2. The Kier molecular flexibility index (Phi) is 5.47. The molecule has 1 aromatic carbocycles. The molecule has 17 heavy (non-hydrogen) atoms. The van der Waals surface area contributed by atoms with Gasteiger partial charge in [-0.2, -0.15) is 0 Å². The second-order valence-electron chi connectivity index (χ2n) is 4.28. The van der Waals surface area contributed by atoms with Crippen molar-refractivity contribution < 1.29 is 13.9 Å². The summed E-state index contributed by atoms with van der Waals surface area (Å²) < 4.78 is 25.9. The molecule has 96 valence electrons. The van der Waals surface area contributed by atoms with Crippen LogP contribution in [0.1, 0.15) is 5.56 Å². The molecule has 0 saturated carbocycles. The van der Waals surface area contributed by atoms with Gasteiger partial charge in [0.1, 0.15) is 11.6 Å². The molecule has 0 fully saturated rings. The zero-order valence-corrected chi connectivity index (χ0v) is 10.1. The zero-order chi connectivity index (χ0) is 12.8. The number of hydrogen-bond acceptors (Lipinski definition) is 3. The van der Waals surface area contributed by atoms with Gasteiger partial charge in [0.05, 0.1) is 6.10 Å². The highest BCUT2D eigenvalue weighted by Crippen LogP contribution is 2.08. The highest BCUT2D eigenvalue weighted by Gasteiger charge is 2.07. The number of benzene rings is 1. The van der Waals surface area contributed by atoms with Crippen LogP contribution in [-0.2, 0) is 6.54 Å². The molecular formula is C12H18F2N2O. The Morgan fingerprint density at radius 1 is 1.35 bits per heavy atom. The maximum Gasteiger partial charge on any atom is 0.130 e. The van der Waals surface area contributed by atoms with E-state index in [9.17, 15) is 13.9 Å². The van der Waals surface area contributed by atoms with E-state index in [0.29, 0.717) is 18.7 Å². The number of nitrogens with one attached hydrogen (secondary N) is 1. The average Bonchev–Trinajstić information content (AvgIpc) is 2.20. The lowest BCUT2D eigenvalue weighted by atomic mass is 10.2. The molecule has 0 heterocycles. The smallest absolute Gasteiger partial charge is 0.130 e. The van der Waals surface area contributed by atoms with Gasteiger partial charge in [-0.05, 0) is 20.2 Å². The molecule has 3 nitrogen and oxygen atoms in total. The average molecular weight is 244 g/mol. The molecule has 0 amide bonds. The first kappa shape index (κ1) is 14.0. The molecule has 1 aromatic rings. The summed E-state index contributed by atoms with van der Waals surface area (Å²) in [5.74, 6) is -1.15. The number of likely N-dealkylation sites (N-methyl/N-ethyl adjacent to an activating group) is 1. The van der Waals surface area contributed by atoms with Gasteiger partial charge < -0.3 is 15.3 Å². The predicted octanol–water partition coefficient (Wildman–Crippen LogP) is 0.977. The normalized spacial score (nSPS) is 13.1. The first-order valence-electron chi connectivity index (χ1n) is 5.46.